The van der Waals surface area contributed by atoms with Crippen LogP contribution < -0.4 is 5.32 Å². The lowest BCUT2D eigenvalue weighted by Crippen LogP contribution is -2.30. The molecule has 0 heterocycles. The molecule has 4 nitrogen and oxygen atoms in total. The molecule has 112 valence electrons. The molecule has 2 aliphatic carbocycles. The topological polar surface area (TPSA) is 66.4 Å². The first-order chi connectivity index (χ1) is 10.2. The number of carbonyl (C=O) groups excluding carboxylic acids is 1. The predicted octanol–water partition coefficient (Wildman–Crippen LogP) is 3.00. The minimum absolute atomic E-state index is 0.126. The Morgan fingerprint density at radius 2 is 1.81 bits per heavy atom. The maximum Gasteiger partial charge on any atom is 0.307 e. The Kier molecular flexibility index (Phi) is 3.95. The van der Waals surface area contributed by atoms with Crippen LogP contribution in [-0.2, 0) is 22.4 Å². The summed E-state index contributed by atoms with van der Waals surface area (Å²) in [6, 6.07) is 6.04. The highest BCUT2D eigenvalue weighted by Gasteiger charge is 2.37. The summed E-state index contributed by atoms with van der Waals surface area (Å²) < 4.78 is 0. The van der Waals surface area contributed by atoms with Gasteiger partial charge in [-0.1, -0.05) is 18.6 Å². The third-order valence-electron chi connectivity index (χ3n) is 4.82. The maximum atomic E-state index is 12.4. The summed E-state index contributed by atoms with van der Waals surface area (Å²) in [6.45, 7) is 0. The second-order valence-corrected chi connectivity index (χ2v) is 6.12. The summed E-state index contributed by atoms with van der Waals surface area (Å²) in [4.78, 5) is 23.7. The third-order valence-corrected chi connectivity index (χ3v) is 4.82. The molecule has 0 unspecified atom stereocenters. The van der Waals surface area contributed by atoms with Gasteiger partial charge in [0.25, 0.3) is 0 Å². The Hall–Kier alpha value is -1.84. The molecule has 1 amide bonds. The van der Waals surface area contributed by atoms with Crippen LogP contribution in [-0.4, -0.2) is 17.0 Å². The van der Waals surface area contributed by atoms with E-state index in [2.05, 4.69) is 11.4 Å². The number of amides is 1. The third kappa shape index (κ3) is 2.80. The summed E-state index contributed by atoms with van der Waals surface area (Å²) in [7, 11) is 0. The first-order valence-corrected chi connectivity index (χ1v) is 7.81. The normalized spacial score (nSPS) is 24.4. The summed E-state index contributed by atoms with van der Waals surface area (Å²) >= 11 is 0. The van der Waals surface area contributed by atoms with Crippen molar-refractivity contribution in [2.24, 2.45) is 11.8 Å². The fourth-order valence-electron chi connectivity index (χ4n) is 3.69. The smallest absolute Gasteiger partial charge is 0.307 e. The fourth-order valence-corrected chi connectivity index (χ4v) is 3.69. The molecule has 1 saturated carbocycles. The highest BCUT2D eigenvalue weighted by molar-refractivity contribution is 5.96. The predicted molar refractivity (Wildman–Crippen MR) is 80.2 cm³/mol. The molecule has 0 aromatic heterocycles. The van der Waals surface area contributed by atoms with Crippen molar-refractivity contribution in [3.63, 3.8) is 0 Å². The van der Waals surface area contributed by atoms with Crippen LogP contribution in [0.1, 0.15) is 43.2 Å². The number of benzene rings is 1. The van der Waals surface area contributed by atoms with Gasteiger partial charge in [0, 0.05) is 5.69 Å². The highest BCUT2D eigenvalue weighted by atomic mass is 16.4. The first kappa shape index (κ1) is 14.1. The number of anilines is 1. The van der Waals surface area contributed by atoms with E-state index in [1.165, 1.54) is 17.5 Å². The lowest BCUT2D eigenvalue weighted by Gasteiger charge is -2.21. The highest BCUT2D eigenvalue weighted by Crippen LogP contribution is 2.34. The first-order valence-electron chi connectivity index (χ1n) is 7.81. The van der Waals surface area contributed by atoms with Crippen LogP contribution in [0.3, 0.4) is 0 Å². The van der Waals surface area contributed by atoms with Gasteiger partial charge >= 0.3 is 5.97 Å². The van der Waals surface area contributed by atoms with E-state index in [4.69, 9.17) is 0 Å². The lowest BCUT2D eigenvalue weighted by molar-refractivity contribution is -0.145. The molecule has 2 atom stereocenters. The molecular weight excluding hydrogens is 266 g/mol. The van der Waals surface area contributed by atoms with E-state index < -0.39 is 11.9 Å². The Bertz CT molecular complexity index is 567. The van der Waals surface area contributed by atoms with Crippen LogP contribution in [0.5, 0.6) is 0 Å². The molecule has 4 heteroatoms. The van der Waals surface area contributed by atoms with Crippen molar-refractivity contribution in [1.82, 2.24) is 0 Å². The minimum atomic E-state index is -0.845. The van der Waals surface area contributed by atoms with Crippen LogP contribution in [0, 0.1) is 11.8 Å². The van der Waals surface area contributed by atoms with Gasteiger partial charge in [-0.15, -0.1) is 0 Å². The van der Waals surface area contributed by atoms with E-state index >= 15 is 0 Å². The lowest BCUT2D eigenvalue weighted by atomic mass is 9.90. The number of carboxylic acids is 1. The van der Waals surface area contributed by atoms with E-state index in [1.807, 2.05) is 12.1 Å². The van der Waals surface area contributed by atoms with E-state index in [1.54, 1.807) is 0 Å². The van der Waals surface area contributed by atoms with Crippen molar-refractivity contribution in [1.29, 1.82) is 0 Å². The van der Waals surface area contributed by atoms with Crippen molar-refractivity contribution in [3.8, 4) is 0 Å². The maximum absolute atomic E-state index is 12.4. The molecule has 1 aromatic rings. The zero-order valence-corrected chi connectivity index (χ0v) is 12.1. The summed E-state index contributed by atoms with van der Waals surface area (Å²) in [5.41, 5.74) is 3.44. The second kappa shape index (κ2) is 5.88. The van der Waals surface area contributed by atoms with Gasteiger partial charge in [-0.05, 0) is 55.7 Å². The minimum Gasteiger partial charge on any atom is -0.481 e. The summed E-state index contributed by atoms with van der Waals surface area (Å²) in [5.74, 6) is -1.88. The number of aryl methyl sites for hydroxylation is 1. The number of fused-ring (bicyclic) bond motifs is 1. The van der Waals surface area contributed by atoms with Crippen molar-refractivity contribution in [3.05, 3.63) is 29.3 Å². The molecule has 2 N–H and O–H groups in total. The zero-order valence-electron chi connectivity index (χ0n) is 12.1. The SMILES string of the molecule is O=C(O)[C@H]1CCC[C@H]1C(=O)Nc1cccc2c1CCCC2. The van der Waals surface area contributed by atoms with Gasteiger partial charge < -0.3 is 10.4 Å². The number of rotatable bonds is 3. The van der Waals surface area contributed by atoms with Crippen LogP contribution >= 0.6 is 0 Å². The quantitative estimate of drug-likeness (QED) is 0.898. The Balaban J connectivity index is 1.77. The van der Waals surface area contributed by atoms with Gasteiger partial charge in [0.05, 0.1) is 11.8 Å². The van der Waals surface area contributed by atoms with Crippen molar-refractivity contribution in [2.75, 3.05) is 5.32 Å². The summed E-state index contributed by atoms with van der Waals surface area (Å²) in [5, 5.41) is 12.2. The summed E-state index contributed by atoms with van der Waals surface area (Å²) in [6.07, 6.45) is 6.54. The van der Waals surface area contributed by atoms with Crippen molar-refractivity contribution >= 4 is 17.6 Å². The van der Waals surface area contributed by atoms with E-state index in [-0.39, 0.29) is 11.8 Å². The molecule has 2 aliphatic rings. The molecule has 0 saturated heterocycles. The van der Waals surface area contributed by atoms with Crippen molar-refractivity contribution < 1.29 is 14.7 Å². The molecular formula is C17H21NO3. The number of hydrogen-bond donors (Lipinski definition) is 2. The van der Waals surface area contributed by atoms with Crippen molar-refractivity contribution in [2.45, 2.75) is 44.9 Å². The Morgan fingerprint density at radius 1 is 1.05 bits per heavy atom. The van der Waals surface area contributed by atoms with Gasteiger partial charge in [0.15, 0.2) is 0 Å². The van der Waals surface area contributed by atoms with E-state index in [0.717, 1.165) is 31.4 Å². The molecule has 1 aromatic carbocycles. The van der Waals surface area contributed by atoms with Gasteiger partial charge in [-0.3, -0.25) is 9.59 Å². The Morgan fingerprint density at radius 3 is 2.62 bits per heavy atom. The van der Waals surface area contributed by atoms with Gasteiger partial charge in [0.2, 0.25) is 5.91 Å². The van der Waals surface area contributed by atoms with Gasteiger partial charge in [-0.2, -0.15) is 0 Å². The van der Waals surface area contributed by atoms with Gasteiger partial charge in [-0.25, -0.2) is 0 Å². The van der Waals surface area contributed by atoms with Crippen LogP contribution in [0.4, 0.5) is 5.69 Å². The molecule has 21 heavy (non-hydrogen) atoms. The fraction of sp³-hybridized carbons (Fsp3) is 0.529. The van der Waals surface area contributed by atoms with Gasteiger partial charge in [0.1, 0.15) is 0 Å². The molecule has 0 radical (unpaired) electrons. The van der Waals surface area contributed by atoms with Crippen LogP contribution in [0.15, 0.2) is 18.2 Å². The number of carboxylic acid groups (broad SMARTS) is 1. The average Bonchev–Trinajstić information content (AvgIpc) is 2.97. The average molecular weight is 287 g/mol. The standard InChI is InChI=1S/C17H21NO3/c19-16(13-8-4-9-14(13)17(20)21)18-15-10-3-6-11-5-1-2-7-12(11)15/h3,6,10,13-14H,1-2,4-5,7-9H2,(H,18,19)(H,20,21)/t13-,14+/m1/s1. The molecule has 0 bridgehead atoms. The number of aliphatic carboxylic acids is 1. The van der Waals surface area contributed by atoms with Crippen LogP contribution in [0.2, 0.25) is 0 Å². The number of hydrogen-bond acceptors (Lipinski definition) is 2. The number of nitrogens with one attached hydrogen (secondary N) is 1. The largest absolute Gasteiger partial charge is 0.481 e. The molecule has 3 rings (SSSR count). The van der Waals surface area contributed by atoms with Crippen LogP contribution in [0.25, 0.3) is 0 Å². The number of carbonyl (C=O) groups is 2. The second-order valence-electron chi connectivity index (χ2n) is 6.12. The van der Waals surface area contributed by atoms with E-state index in [0.29, 0.717) is 12.8 Å². The zero-order chi connectivity index (χ0) is 14.8. The molecule has 1 fully saturated rings. The Labute approximate surface area is 124 Å². The monoisotopic (exact) mass is 287 g/mol. The molecule has 0 aliphatic heterocycles. The van der Waals surface area contributed by atoms with E-state index in [9.17, 15) is 14.7 Å². The molecule has 0 spiro atoms.